The summed E-state index contributed by atoms with van der Waals surface area (Å²) >= 11 is 7.23. The van der Waals surface area contributed by atoms with E-state index in [1.54, 1.807) is 18.1 Å². The topological polar surface area (TPSA) is 81.2 Å². The second-order valence-electron chi connectivity index (χ2n) is 8.02. The van der Waals surface area contributed by atoms with Crippen LogP contribution in [0.2, 0.25) is 5.02 Å². The Morgan fingerprint density at radius 3 is 2.84 bits per heavy atom. The lowest BCUT2D eigenvalue weighted by molar-refractivity contribution is 0.0719. The molecule has 3 aromatic heterocycles. The number of oxazole rings is 1. The van der Waals surface area contributed by atoms with Crippen molar-refractivity contribution in [3.8, 4) is 0 Å². The first kappa shape index (κ1) is 20.9. The van der Waals surface area contributed by atoms with E-state index in [0.717, 1.165) is 24.2 Å². The highest BCUT2D eigenvalue weighted by Gasteiger charge is 2.35. The van der Waals surface area contributed by atoms with Gasteiger partial charge in [0.25, 0.3) is 11.5 Å². The normalized spacial score (nSPS) is 16.2. The second-order valence-corrected chi connectivity index (χ2v) is 9.46. The minimum absolute atomic E-state index is 0.104. The van der Waals surface area contributed by atoms with Crippen molar-refractivity contribution in [2.45, 2.75) is 32.2 Å². The molecule has 4 aromatic rings. The number of amides is 1. The van der Waals surface area contributed by atoms with Gasteiger partial charge in [0, 0.05) is 25.0 Å². The lowest BCUT2D eigenvalue weighted by Gasteiger charge is -2.22. The fourth-order valence-electron chi connectivity index (χ4n) is 4.17. The number of aromatic nitrogens is 3. The third-order valence-electron chi connectivity index (χ3n) is 5.87. The van der Waals surface area contributed by atoms with E-state index in [1.807, 2.05) is 31.2 Å². The van der Waals surface area contributed by atoms with E-state index in [-0.39, 0.29) is 17.5 Å². The van der Waals surface area contributed by atoms with E-state index in [0.29, 0.717) is 44.5 Å². The zero-order valence-electron chi connectivity index (χ0n) is 17.7. The molecule has 5 rings (SSSR count). The SMILES string of the molecule is Cc1c(C(=O)N2CCCC2c2ncc(Cc3ccc(Cl)cc3)o2)sc2ncn(C)c(=O)c12. The highest BCUT2D eigenvalue weighted by Crippen LogP contribution is 2.36. The summed E-state index contributed by atoms with van der Waals surface area (Å²) in [6.07, 6.45) is 5.48. The number of carbonyl (C=O) groups is 1. The molecule has 1 amide bonds. The van der Waals surface area contributed by atoms with Crippen molar-refractivity contribution in [3.05, 3.63) is 79.8 Å². The van der Waals surface area contributed by atoms with Crippen molar-refractivity contribution < 1.29 is 9.21 Å². The summed E-state index contributed by atoms with van der Waals surface area (Å²) in [6, 6.07) is 7.39. The largest absolute Gasteiger partial charge is 0.443 e. The predicted octanol–water partition coefficient (Wildman–Crippen LogP) is 4.51. The van der Waals surface area contributed by atoms with E-state index in [4.69, 9.17) is 16.0 Å². The molecule has 9 heteroatoms. The maximum Gasteiger partial charge on any atom is 0.264 e. The predicted molar refractivity (Wildman–Crippen MR) is 123 cm³/mol. The number of hydrogen-bond donors (Lipinski definition) is 0. The Balaban J connectivity index is 1.41. The molecule has 0 bridgehead atoms. The summed E-state index contributed by atoms with van der Waals surface area (Å²) in [5, 5.41) is 1.21. The van der Waals surface area contributed by atoms with Gasteiger partial charge in [-0.25, -0.2) is 9.97 Å². The van der Waals surface area contributed by atoms with Crippen LogP contribution in [0.4, 0.5) is 0 Å². The van der Waals surface area contributed by atoms with E-state index >= 15 is 0 Å². The lowest BCUT2D eigenvalue weighted by Crippen LogP contribution is -2.30. The molecule has 1 aliphatic heterocycles. The standard InChI is InChI=1S/C23H21ClN4O3S/c1-13-18-21(26-12-27(2)22(18)29)32-19(13)23(30)28-9-3-4-17(28)20-25-11-16(31-20)10-14-5-7-15(24)8-6-14/h5-8,11-12,17H,3-4,9-10H2,1-2H3. The molecule has 164 valence electrons. The zero-order chi connectivity index (χ0) is 22.4. The van der Waals surface area contributed by atoms with Crippen molar-refractivity contribution in [1.29, 1.82) is 0 Å². The average Bonchev–Trinajstić information content (AvgIpc) is 3.51. The number of carbonyl (C=O) groups excluding carboxylic acids is 1. The zero-order valence-corrected chi connectivity index (χ0v) is 19.2. The Labute approximate surface area is 193 Å². The first-order valence-corrected chi connectivity index (χ1v) is 11.6. The Morgan fingerprint density at radius 1 is 1.28 bits per heavy atom. The quantitative estimate of drug-likeness (QED) is 0.440. The fraction of sp³-hybridized carbons (Fsp3) is 0.304. The van der Waals surface area contributed by atoms with Gasteiger partial charge in [0.1, 0.15) is 16.6 Å². The van der Waals surface area contributed by atoms with Crippen molar-refractivity contribution >= 4 is 39.1 Å². The summed E-state index contributed by atoms with van der Waals surface area (Å²) in [4.78, 5) is 37.8. The average molecular weight is 469 g/mol. The maximum absolute atomic E-state index is 13.5. The number of rotatable bonds is 4. The molecule has 0 N–H and O–H groups in total. The van der Waals surface area contributed by atoms with Gasteiger partial charge in [0.15, 0.2) is 0 Å². The van der Waals surface area contributed by atoms with Crippen LogP contribution in [-0.4, -0.2) is 31.9 Å². The Bertz CT molecular complexity index is 1370. The number of thiophene rings is 1. The van der Waals surface area contributed by atoms with Gasteiger partial charge in [-0.05, 0) is 43.0 Å². The van der Waals surface area contributed by atoms with E-state index < -0.39 is 0 Å². The van der Waals surface area contributed by atoms with E-state index in [2.05, 4.69) is 9.97 Å². The van der Waals surface area contributed by atoms with Gasteiger partial charge in [-0.3, -0.25) is 9.59 Å². The van der Waals surface area contributed by atoms with E-state index in [1.165, 1.54) is 22.2 Å². The summed E-state index contributed by atoms with van der Waals surface area (Å²) in [6.45, 7) is 2.44. The number of hydrogen-bond acceptors (Lipinski definition) is 6. The number of benzene rings is 1. The molecule has 1 atom stereocenters. The van der Waals surface area contributed by atoms with Gasteiger partial charge in [-0.2, -0.15) is 0 Å². The van der Waals surface area contributed by atoms with Gasteiger partial charge >= 0.3 is 0 Å². The molecule has 4 heterocycles. The molecule has 1 aliphatic rings. The minimum Gasteiger partial charge on any atom is -0.443 e. The number of fused-ring (bicyclic) bond motifs is 1. The van der Waals surface area contributed by atoms with Crippen LogP contribution in [0.25, 0.3) is 10.2 Å². The highest BCUT2D eigenvalue weighted by atomic mass is 35.5. The first-order valence-electron chi connectivity index (χ1n) is 10.4. The van der Waals surface area contributed by atoms with Crippen LogP contribution in [-0.2, 0) is 13.5 Å². The van der Waals surface area contributed by atoms with Crippen molar-refractivity contribution in [2.75, 3.05) is 6.54 Å². The molecule has 1 fully saturated rings. The lowest BCUT2D eigenvalue weighted by atomic mass is 10.1. The number of halogens is 1. The van der Waals surface area contributed by atoms with Crippen molar-refractivity contribution in [2.24, 2.45) is 7.05 Å². The summed E-state index contributed by atoms with van der Waals surface area (Å²) in [7, 11) is 1.66. The summed E-state index contributed by atoms with van der Waals surface area (Å²) in [5.41, 5.74) is 1.62. The molecular weight excluding hydrogens is 448 g/mol. The molecule has 1 aromatic carbocycles. The molecule has 0 saturated carbocycles. The summed E-state index contributed by atoms with van der Waals surface area (Å²) in [5.74, 6) is 1.19. The van der Waals surface area contributed by atoms with Crippen LogP contribution in [0.5, 0.6) is 0 Å². The third-order valence-corrected chi connectivity index (χ3v) is 7.31. The number of likely N-dealkylation sites (tertiary alicyclic amines) is 1. The molecule has 32 heavy (non-hydrogen) atoms. The Hall–Kier alpha value is -2.97. The van der Waals surface area contributed by atoms with Gasteiger partial charge in [-0.1, -0.05) is 23.7 Å². The smallest absolute Gasteiger partial charge is 0.264 e. The maximum atomic E-state index is 13.5. The van der Waals surface area contributed by atoms with Gasteiger partial charge in [-0.15, -0.1) is 11.3 Å². The van der Waals surface area contributed by atoms with Crippen LogP contribution >= 0.6 is 22.9 Å². The Morgan fingerprint density at radius 2 is 2.06 bits per heavy atom. The number of aryl methyl sites for hydroxylation is 2. The van der Waals surface area contributed by atoms with Crippen molar-refractivity contribution in [3.63, 3.8) is 0 Å². The minimum atomic E-state index is -0.220. The molecular formula is C23H21ClN4O3S. The molecule has 0 radical (unpaired) electrons. The van der Waals surface area contributed by atoms with Crippen molar-refractivity contribution in [1.82, 2.24) is 19.4 Å². The summed E-state index contributed by atoms with van der Waals surface area (Å²) < 4.78 is 7.48. The molecule has 7 nitrogen and oxygen atoms in total. The molecule has 0 aliphatic carbocycles. The van der Waals surface area contributed by atoms with Gasteiger partial charge in [0.05, 0.1) is 22.8 Å². The Kier molecular flexibility index (Phi) is 5.35. The fourth-order valence-corrected chi connectivity index (χ4v) is 5.39. The third kappa shape index (κ3) is 3.63. The monoisotopic (exact) mass is 468 g/mol. The molecule has 1 unspecified atom stereocenters. The van der Waals surface area contributed by atoms with Gasteiger partial charge < -0.3 is 13.9 Å². The molecule has 0 spiro atoms. The number of nitrogens with zero attached hydrogens (tertiary/aromatic N) is 4. The first-order chi connectivity index (χ1) is 15.4. The van der Waals surface area contributed by atoms with Crippen LogP contribution in [0.1, 0.15) is 51.3 Å². The van der Waals surface area contributed by atoms with Crippen LogP contribution < -0.4 is 5.56 Å². The van der Waals surface area contributed by atoms with Crippen LogP contribution in [0.15, 0.2) is 46.0 Å². The second kappa shape index (κ2) is 8.18. The van der Waals surface area contributed by atoms with E-state index in [9.17, 15) is 9.59 Å². The van der Waals surface area contributed by atoms with Gasteiger partial charge in [0.2, 0.25) is 5.89 Å². The van der Waals surface area contributed by atoms with Crippen LogP contribution in [0.3, 0.4) is 0 Å². The van der Waals surface area contributed by atoms with Crippen LogP contribution in [0, 0.1) is 6.92 Å². The highest BCUT2D eigenvalue weighted by molar-refractivity contribution is 7.20. The molecule has 1 saturated heterocycles.